The van der Waals surface area contributed by atoms with Gasteiger partial charge in [0.05, 0.1) is 5.69 Å². The number of hydrogen-bond acceptors (Lipinski definition) is 5. The van der Waals surface area contributed by atoms with Crippen molar-refractivity contribution in [3.05, 3.63) is 36.2 Å². The Hall–Kier alpha value is -2.28. The third-order valence-electron chi connectivity index (χ3n) is 4.14. The van der Waals surface area contributed by atoms with Crippen LogP contribution in [-0.4, -0.2) is 45.2 Å². The van der Waals surface area contributed by atoms with Crippen LogP contribution in [0.1, 0.15) is 30.1 Å². The molecule has 3 rings (SSSR count). The largest absolute Gasteiger partial charge is 0.349 e. The Bertz CT molecular complexity index is 603. The zero-order valence-electron chi connectivity index (χ0n) is 12.6. The molecule has 1 saturated heterocycles. The Morgan fingerprint density at radius 1 is 1.41 bits per heavy atom. The zero-order valence-corrected chi connectivity index (χ0v) is 12.6. The highest BCUT2D eigenvalue weighted by Gasteiger charge is 2.21. The number of carbonyl (C=O) groups excluding carboxylic acids is 1. The molecule has 1 fully saturated rings. The maximum absolute atomic E-state index is 12.3. The molecule has 2 heterocycles. The second-order valence-corrected chi connectivity index (χ2v) is 5.67. The van der Waals surface area contributed by atoms with Gasteiger partial charge >= 0.3 is 0 Å². The molecule has 2 unspecified atom stereocenters. The minimum absolute atomic E-state index is 0.0404. The molecule has 22 heavy (non-hydrogen) atoms. The standard InChI is InChI=1S/C15H20N6O/c1-11(13-3-2-8-16-9-13)18-15(22)12-4-6-14(7-5-12)21-10-17-19-20-21/h4-7,10-11,13,16H,2-3,8-9H2,1H3,(H,18,22). The summed E-state index contributed by atoms with van der Waals surface area (Å²) in [6, 6.07) is 7.41. The first-order valence-corrected chi connectivity index (χ1v) is 7.59. The van der Waals surface area contributed by atoms with Crippen LogP contribution in [0.4, 0.5) is 0 Å². The summed E-state index contributed by atoms with van der Waals surface area (Å²) in [5, 5.41) is 17.5. The van der Waals surface area contributed by atoms with Gasteiger partial charge in [0.2, 0.25) is 0 Å². The van der Waals surface area contributed by atoms with Gasteiger partial charge in [0.1, 0.15) is 6.33 Å². The lowest BCUT2D eigenvalue weighted by Gasteiger charge is -2.28. The molecule has 7 nitrogen and oxygen atoms in total. The first-order chi connectivity index (χ1) is 10.7. The molecule has 1 aromatic carbocycles. The number of piperidine rings is 1. The zero-order chi connectivity index (χ0) is 15.4. The fraction of sp³-hybridized carbons (Fsp3) is 0.467. The molecular formula is C15H20N6O. The van der Waals surface area contributed by atoms with E-state index < -0.39 is 0 Å². The number of aromatic nitrogens is 4. The van der Waals surface area contributed by atoms with E-state index in [1.807, 2.05) is 12.1 Å². The van der Waals surface area contributed by atoms with Gasteiger partial charge in [-0.25, -0.2) is 4.68 Å². The molecule has 1 aliphatic rings. The van der Waals surface area contributed by atoms with Gasteiger partial charge < -0.3 is 10.6 Å². The monoisotopic (exact) mass is 300 g/mol. The molecule has 2 atom stereocenters. The molecule has 2 aromatic rings. The van der Waals surface area contributed by atoms with Crippen LogP contribution in [-0.2, 0) is 0 Å². The van der Waals surface area contributed by atoms with Crippen molar-refractivity contribution < 1.29 is 4.79 Å². The van der Waals surface area contributed by atoms with E-state index in [-0.39, 0.29) is 11.9 Å². The first kappa shape index (κ1) is 14.6. The molecule has 1 amide bonds. The number of benzene rings is 1. The molecule has 0 saturated carbocycles. The van der Waals surface area contributed by atoms with Crippen LogP contribution in [0.25, 0.3) is 5.69 Å². The summed E-state index contributed by atoms with van der Waals surface area (Å²) in [5.74, 6) is 0.458. The van der Waals surface area contributed by atoms with Crippen LogP contribution in [0.3, 0.4) is 0 Å². The van der Waals surface area contributed by atoms with Crippen molar-refractivity contribution >= 4 is 5.91 Å². The normalized spacial score (nSPS) is 19.6. The maximum Gasteiger partial charge on any atom is 0.251 e. The Morgan fingerprint density at radius 3 is 2.86 bits per heavy atom. The van der Waals surface area contributed by atoms with Crippen LogP contribution in [0.5, 0.6) is 0 Å². The number of nitrogens with zero attached hydrogens (tertiary/aromatic N) is 4. The topological polar surface area (TPSA) is 84.7 Å². The molecule has 0 aliphatic carbocycles. The van der Waals surface area contributed by atoms with Gasteiger partial charge in [-0.1, -0.05) is 0 Å². The van der Waals surface area contributed by atoms with Crippen molar-refractivity contribution in [3.8, 4) is 5.69 Å². The quantitative estimate of drug-likeness (QED) is 0.871. The summed E-state index contributed by atoms with van der Waals surface area (Å²) in [4.78, 5) is 12.3. The van der Waals surface area contributed by atoms with Crippen molar-refractivity contribution in [2.24, 2.45) is 5.92 Å². The van der Waals surface area contributed by atoms with E-state index >= 15 is 0 Å². The van der Waals surface area contributed by atoms with E-state index in [9.17, 15) is 4.79 Å². The highest BCUT2D eigenvalue weighted by atomic mass is 16.1. The fourth-order valence-electron chi connectivity index (χ4n) is 2.76. The van der Waals surface area contributed by atoms with Gasteiger partial charge in [0, 0.05) is 11.6 Å². The van der Waals surface area contributed by atoms with Gasteiger partial charge in [-0.05, 0) is 73.5 Å². The molecule has 0 bridgehead atoms. The average Bonchev–Trinajstić information content (AvgIpc) is 3.10. The van der Waals surface area contributed by atoms with Gasteiger partial charge in [0.25, 0.3) is 5.91 Å². The van der Waals surface area contributed by atoms with Crippen LogP contribution in [0.15, 0.2) is 30.6 Å². The van der Waals surface area contributed by atoms with E-state index in [1.165, 1.54) is 12.7 Å². The Labute approximate surface area is 129 Å². The summed E-state index contributed by atoms with van der Waals surface area (Å²) in [6.45, 7) is 4.13. The van der Waals surface area contributed by atoms with Crippen LogP contribution >= 0.6 is 0 Å². The number of tetrazole rings is 1. The molecule has 116 valence electrons. The summed E-state index contributed by atoms with van der Waals surface area (Å²) in [6.07, 6.45) is 3.85. The highest BCUT2D eigenvalue weighted by molar-refractivity contribution is 5.94. The Morgan fingerprint density at radius 2 is 2.23 bits per heavy atom. The molecule has 2 N–H and O–H groups in total. The number of nitrogens with one attached hydrogen (secondary N) is 2. The molecular weight excluding hydrogens is 280 g/mol. The van der Waals surface area contributed by atoms with E-state index in [1.54, 1.807) is 16.8 Å². The minimum atomic E-state index is -0.0404. The van der Waals surface area contributed by atoms with Crippen molar-refractivity contribution in [2.75, 3.05) is 13.1 Å². The predicted octanol–water partition coefficient (Wildman–Crippen LogP) is 0.780. The molecule has 7 heteroatoms. The maximum atomic E-state index is 12.3. The lowest BCUT2D eigenvalue weighted by molar-refractivity contribution is 0.0922. The number of carbonyl (C=O) groups is 1. The first-order valence-electron chi connectivity index (χ1n) is 7.59. The molecule has 1 aliphatic heterocycles. The van der Waals surface area contributed by atoms with Gasteiger partial charge in [0.15, 0.2) is 0 Å². The summed E-state index contributed by atoms with van der Waals surface area (Å²) < 4.78 is 1.55. The van der Waals surface area contributed by atoms with Crippen molar-refractivity contribution in [2.45, 2.75) is 25.8 Å². The SMILES string of the molecule is CC(NC(=O)c1ccc(-n2cnnn2)cc1)C1CCCNC1. The van der Waals surface area contributed by atoms with Crippen molar-refractivity contribution in [1.29, 1.82) is 0 Å². The van der Waals surface area contributed by atoms with E-state index in [0.717, 1.165) is 25.2 Å². The number of hydrogen-bond donors (Lipinski definition) is 2. The lowest BCUT2D eigenvalue weighted by Crippen LogP contribution is -2.44. The highest BCUT2D eigenvalue weighted by Crippen LogP contribution is 2.15. The molecule has 0 radical (unpaired) electrons. The van der Waals surface area contributed by atoms with Crippen molar-refractivity contribution in [3.63, 3.8) is 0 Å². The fourth-order valence-corrected chi connectivity index (χ4v) is 2.76. The Balaban J connectivity index is 1.62. The second-order valence-electron chi connectivity index (χ2n) is 5.67. The molecule has 1 aromatic heterocycles. The average molecular weight is 300 g/mol. The third-order valence-corrected chi connectivity index (χ3v) is 4.14. The van der Waals surface area contributed by atoms with Gasteiger partial charge in [-0.2, -0.15) is 0 Å². The number of rotatable bonds is 4. The predicted molar refractivity (Wildman–Crippen MR) is 81.7 cm³/mol. The summed E-state index contributed by atoms with van der Waals surface area (Å²) in [7, 11) is 0. The number of amides is 1. The van der Waals surface area contributed by atoms with Crippen molar-refractivity contribution in [1.82, 2.24) is 30.8 Å². The van der Waals surface area contributed by atoms with Crippen LogP contribution in [0.2, 0.25) is 0 Å². The van der Waals surface area contributed by atoms with Crippen LogP contribution in [0, 0.1) is 5.92 Å². The summed E-state index contributed by atoms with van der Waals surface area (Å²) in [5.41, 5.74) is 1.47. The van der Waals surface area contributed by atoms with E-state index in [2.05, 4.69) is 33.1 Å². The van der Waals surface area contributed by atoms with E-state index in [4.69, 9.17) is 0 Å². The lowest BCUT2D eigenvalue weighted by atomic mass is 9.92. The summed E-state index contributed by atoms with van der Waals surface area (Å²) >= 11 is 0. The minimum Gasteiger partial charge on any atom is -0.349 e. The Kier molecular flexibility index (Phi) is 4.43. The van der Waals surface area contributed by atoms with Gasteiger partial charge in [-0.15, -0.1) is 5.10 Å². The van der Waals surface area contributed by atoms with Gasteiger partial charge in [-0.3, -0.25) is 4.79 Å². The second kappa shape index (κ2) is 6.65. The van der Waals surface area contributed by atoms with Crippen LogP contribution < -0.4 is 10.6 Å². The third kappa shape index (κ3) is 3.30. The molecule has 0 spiro atoms. The smallest absolute Gasteiger partial charge is 0.251 e. The van der Waals surface area contributed by atoms with E-state index in [0.29, 0.717) is 11.5 Å².